The Bertz CT molecular complexity index is 2030. The lowest BCUT2D eigenvalue weighted by molar-refractivity contribution is 0.201. The number of aryl methyl sites for hydroxylation is 1. The molecule has 286 valence electrons. The lowest BCUT2D eigenvalue weighted by Crippen LogP contribution is -2.49. The molecule has 7 heteroatoms. The van der Waals surface area contributed by atoms with E-state index < -0.39 is 0 Å². The number of piperazine rings is 1. The smallest absolute Gasteiger partial charge is 0.146 e. The number of hydrogen-bond donors (Lipinski definition) is 2. The number of nitrogens with zero attached hydrogens (tertiary/aromatic N) is 4. The van der Waals surface area contributed by atoms with E-state index >= 15 is 4.39 Å². The van der Waals surface area contributed by atoms with Crippen molar-refractivity contribution in [1.29, 1.82) is 0 Å². The number of rotatable bonds is 7. The normalized spacial score (nSPS) is 23.7. The van der Waals surface area contributed by atoms with Crippen molar-refractivity contribution in [2.75, 3.05) is 62.2 Å². The minimum absolute atomic E-state index is 0.0463. The molecule has 0 amide bonds. The lowest BCUT2D eigenvalue weighted by atomic mass is 9.69. The first-order chi connectivity index (χ1) is 26.9. The van der Waals surface area contributed by atoms with Gasteiger partial charge in [-0.25, -0.2) is 4.39 Å². The number of aromatic hydroxyl groups is 1. The summed E-state index contributed by atoms with van der Waals surface area (Å²) in [5.74, 6) is 1.12. The second-order valence-electron chi connectivity index (χ2n) is 16.8. The standard InChI is InChI=1S/C48H56FN5O/c1-33-8-11-40(18-21-50-33)54-32-39-28-41(12-15-43(39)34(54)2)52-26-24-51(25-27-52)31-35-19-22-53(23-20-35)47-17-10-38(30-46(47)49)48-44(36-6-4-3-5-7-36)14-9-37-29-42(55)13-16-45(37)48/h3-7,10,12-13,15-17,28-30,35,40,44,48,50,55H,1-2,8-9,11,14,18-27,31-32H2. The van der Waals surface area contributed by atoms with Crippen LogP contribution in [0.4, 0.5) is 15.8 Å². The summed E-state index contributed by atoms with van der Waals surface area (Å²) in [6, 6.07) is 29.9. The molecule has 0 spiro atoms. The molecule has 4 heterocycles. The van der Waals surface area contributed by atoms with Crippen molar-refractivity contribution in [1.82, 2.24) is 15.1 Å². The van der Waals surface area contributed by atoms with Crippen LogP contribution in [0, 0.1) is 11.7 Å². The Morgan fingerprint density at radius 2 is 1.55 bits per heavy atom. The van der Waals surface area contributed by atoms with Gasteiger partial charge in [0.25, 0.3) is 0 Å². The van der Waals surface area contributed by atoms with Crippen molar-refractivity contribution in [3.63, 3.8) is 0 Å². The molecule has 2 N–H and O–H groups in total. The fraction of sp³-hybridized carbons (Fsp3) is 0.417. The van der Waals surface area contributed by atoms with Gasteiger partial charge >= 0.3 is 0 Å². The summed E-state index contributed by atoms with van der Waals surface area (Å²) in [6.07, 6.45) is 7.36. The maximum atomic E-state index is 16.1. The molecule has 5 aliphatic rings. The van der Waals surface area contributed by atoms with Crippen LogP contribution >= 0.6 is 0 Å². The Hall–Kier alpha value is -4.75. The summed E-state index contributed by atoms with van der Waals surface area (Å²) in [6.45, 7) is 17.8. The molecule has 0 radical (unpaired) electrons. The van der Waals surface area contributed by atoms with Gasteiger partial charge in [0.15, 0.2) is 0 Å². The Labute approximate surface area is 327 Å². The highest BCUT2D eigenvalue weighted by Gasteiger charge is 2.34. The number of hydrogen-bond acceptors (Lipinski definition) is 6. The highest BCUT2D eigenvalue weighted by molar-refractivity contribution is 5.72. The summed E-state index contributed by atoms with van der Waals surface area (Å²) in [5.41, 5.74) is 11.8. The zero-order valence-corrected chi connectivity index (χ0v) is 32.2. The first kappa shape index (κ1) is 35.9. The first-order valence-electron chi connectivity index (χ1n) is 20.8. The van der Waals surface area contributed by atoms with Crippen LogP contribution in [-0.4, -0.2) is 73.3 Å². The Morgan fingerprint density at radius 3 is 2.35 bits per heavy atom. The maximum Gasteiger partial charge on any atom is 0.146 e. The minimum atomic E-state index is -0.124. The molecule has 55 heavy (non-hydrogen) atoms. The molecule has 6 nitrogen and oxygen atoms in total. The van der Waals surface area contributed by atoms with E-state index in [0.29, 0.717) is 17.7 Å². The molecule has 4 aliphatic heterocycles. The van der Waals surface area contributed by atoms with Gasteiger partial charge in [0.2, 0.25) is 0 Å². The summed E-state index contributed by atoms with van der Waals surface area (Å²) in [7, 11) is 0. The number of piperidine rings is 1. The van der Waals surface area contributed by atoms with Crippen LogP contribution in [0.1, 0.15) is 83.7 Å². The molecule has 0 bridgehead atoms. The fourth-order valence-corrected chi connectivity index (χ4v) is 10.4. The zero-order valence-electron chi connectivity index (χ0n) is 32.2. The van der Waals surface area contributed by atoms with E-state index in [1.54, 1.807) is 12.1 Å². The van der Waals surface area contributed by atoms with Gasteiger partial charge in [-0.15, -0.1) is 0 Å². The van der Waals surface area contributed by atoms with Crippen LogP contribution in [-0.2, 0) is 13.0 Å². The second kappa shape index (κ2) is 15.4. The van der Waals surface area contributed by atoms with Gasteiger partial charge in [-0.2, -0.15) is 0 Å². The molecule has 9 rings (SSSR count). The summed E-state index contributed by atoms with van der Waals surface area (Å²) >= 11 is 0. The number of allylic oxidation sites excluding steroid dienone is 1. The van der Waals surface area contributed by atoms with Crippen LogP contribution in [0.3, 0.4) is 0 Å². The average Bonchev–Trinajstić information content (AvgIpc) is 3.38. The van der Waals surface area contributed by atoms with Crippen molar-refractivity contribution in [3.05, 3.63) is 143 Å². The summed E-state index contributed by atoms with van der Waals surface area (Å²) in [4.78, 5) is 10.0. The molecule has 3 atom stereocenters. The number of phenolic OH excluding ortho intramolecular Hbond substituents is 1. The zero-order chi connectivity index (χ0) is 37.5. The van der Waals surface area contributed by atoms with E-state index in [4.69, 9.17) is 0 Å². The Morgan fingerprint density at radius 1 is 0.727 bits per heavy atom. The summed E-state index contributed by atoms with van der Waals surface area (Å²) < 4.78 is 16.1. The third-order valence-electron chi connectivity index (χ3n) is 13.5. The number of benzene rings is 4. The van der Waals surface area contributed by atoms with E-state index in [1.807, 2.05) is 18.2 Å². The van der Waals surface area contributed by atoms with Crippen LogP contribution in [0.15, 0.2) is 104 Å². The third kappa shape index (κ3) is 7.36. The van der Waals surface area contributed by atoms with E-state index in [9.17, 15) is 5.11 Å². The molecule has 4 aromatic carbocycles. The van der Waals surface area contributed by atoms with Gasteiger partial charge in [0.1, 0.15) is 11.6 Å². The molecule has 0 aromatic heterocycles. The number of fused-ring (bicyclic) bond motifs is 2. The van der Waals surface area contributed by atoms with Crippen LogP contribution < -0.4 is 15.1 Å². The van der Waals surface area contributed by atoms with E-state index in [-0.39, 0.29) is 17.7 Å². The number of halogens is 1. The Kier molecular flexibility index (Phi) is 10.1. The van der Waals surface area contributed by atoms with Gasteiger partial charge in [-0.1, -0.05) is 61.7 Å². The van der Waals surface area contributed by atoms with E-state index in [1.165, 1.54) is 39.2 Å². The molecule has 3 saturated heterocycles. The molecular formula is C48H56FN5O. The largest absolute Gasteiger partial charge is 0.508 e. The number of phenols is 1. The molecule has 0 saturated carbocycles. The van der Waals surface area contributed by atoms with Crippen molar-refractivity contribution < 1.29 is 9.50 Å². The van der Waals surface area contributed by atoms with Gasteiger partial charge < -0.3 is 25.1 Å². The molecular weight excluding hydrogens is 682 g/mol. The second-order valence-corrected chi connectivity index (χ2v) is 16.8. The van der Waals surface area contributed by atoms with Gasteiger partial charge in [-0.3, -0.25) is 4.90 Å². The molecule has 3 fully saturated rings. The highest BCUT2D eigenvalue weighted by atomic mass is 19.1. The van der Waals surface area contributed by atoms with Gasteiger partial charge in [-0.05, 0) is 121 Å². The van der Waals surface area contributed by atoms with Crippen LogP contribution in [0.25, 0.3) is 5.70 Å². The quantitative estimate of drug-likeness (QED) is 0.198. The lowest BCUT2D eigenvalue weighted by Gasteiger charge is -2.40. The Balaban J connectivity index is 0.791. The van der Waals surface area contributed by atoms with Crippen LogP contribution in [0.5, 0.6) is 5.75 Å². The molecule has 4 aromatic rings. The molecule has 3 unspecified atom stereocenters. The van der Waals surface area contributed by atoms with Gasteiger partial charge in [0.05, 0.1) is 5.69 Å². The predicted octanol–water partition coefficient (Wildman–Crippen LogP) is 8.87. The van der Waals surface area contributed by atoms with Gasteiger partial charge in [0, 0.05) is 93.5 Å². The van der Waals surface area contributed by atoms with E-state index in [0.717, 1.165) is 121 Å². The van der Waals surface area contributed by atoms with Crippen molar-refractivity contribution in [3.8, 4) is 5.75 Å². The highest BCUT2D eigenvalue weighted by Crippen LogP contribution is 2.47. The van der Waals surface area contributed by atoms with E-state index in [2.05, 4.69) is 92.7 Å². The topological polar surface area (TPSA) is 45.2 Å². The monoisotopic (exact) mass is 737 g/mol. The van der Waals surface area contributed by atoms with Crippen molar-refractivity contribution in [2.45, 2.75) is 69.4 Å². The maximum absolute atomic E-state index is 16.1. The average molecular weight is 738 g/mol. The summed E-state index contributed by atoms with van der Waals surface area (Å²) in [5, 5.41) is 13.7. The third-order valence-corrected chi connectivity index (χ3v) is 13.5. The minimum Gasteiger partial charge on any atom is -0.508 e. The van der Waals surface area contributed by atoms with Crippen molar-refractivity contribution >= 4 is 17.1 Å². The first-order valence-corrected chi connectivity index (χ1v) is 20.8. The fourth-order valence-electron chi connectivity index (χ4n) is 10.4. The SMILES string of the molecule is C=C1CCC(N2Cc3cc(N4CCN(CC5CCN(c6ccc(C7c8ccc(O)cc8CCC7c7ccccc7)cc6F)CC5)CC4)ccc3C2=C)CCN1. The van der Waals surface area contributed by atoms with Crippen LogP contribution in [0.2, 0.25) is 0 Å². The number of anilines is 2. The number of nitrogens with one attached hydrogen (secondary N) is 1. The van der Waals surface area contributed by atoms with Crippen molar-refractivity contribution in [2.24, 2.45) is 5.92 Å². The molecule has 1 aliphatic carbocycles. The predicted molar refractivity (Wildman–Crippen MR) is 223 cm³/mol.